The second kappa shape index (κ2) is 6.12. The highest BCUT2D eigenvalue weighted by molar-refractivity contribution is 6.34. The number of carbonyl (C=O) groups excluding carboxylic acids is 1. The van der Waals surface area contributed by atoms with Crippen LogP contribution in [0.15, 0.2) is 60.7 Å². The molecule has 0 bridgehead atoms. The van der Waals surface area contributed by atoms with Crippen LogP contribution in [0.3, 0.4) is 0 Å². The summed E-state index contributed by atoms with van der Waals surface area (Å²) in [4.78, 5) is 12.6. The summed E-state index contributed by atoms with van der Waals surface area (Å²) in [5.74, 6) is 0.210. The van der Waals surface area contributed by atoms with Gasteiger partial charge in [-0.3, -0.25) is 4.79 Å². The topological polar surface area (TPSA) is 29.1 Å². The number of anilines is 1. The molecular weight excluding hydrogens is 341 g/mol. The minimum absolute atomic E-state index is 0.0292. The van der Waals surface area contributed by atoms with Crippen LogP contribution in [0.25, 0.3) is 10.8 Å². The molecular formula is C20H15Cl2NO. The molecule has 0 unspecified atom stereocenters. The molecule has 3 aromatic rings. The fourth-order valence-corrected chi connectivity index (χ4v) is 3.75. The van der Waals surface area contributed by atoms with E-state index in [1.807, 2.05) is 54.6 Å². The van der Waals surface area contributed by atoms with Gasteiger partial charge in [0.05, 0.1) is 0 Å². The molecule has 1 aliphatic rings. The Hall–Kier alpha value is -2.03. The van der Waals surface area contributed by atoms with Crippen molar-refractivity contribution in [3.05, 3.63) is 76.3 Å². The smallest absolute Gasteiger partial charge is 0.228 e. The van der Waals surface area contributed by atoms with Crippen molar-refractivity contribution in [1.29, 1.82) is 0 Å². The SMILES string of the molecule is O=C(Nc1cccc2ccccc12)[C@@H]1C[C@H]1c1cc(Cl)cc(Cl)c1. The number of rotatable bonds is 3. The molecule has 1 amide bonds. The van der Waals surface area contributed by atoms with Crippen molar-refractivity contribution < 1.29 is 4.79 Å². The first-order valence-electron chi connectivity index (χ1n) is 7.86. The van der Waals surface area contributed by atoms with Crippen LogP contribution in [0.2, 0.25) is 10.0 Å². The summed E-state index contributed by atoms with van der Waals surface area (Å²) >= 11 is 12.1. The van der Waals surface area contributed by atoms with E-state index in [-0.39, 0.29) is 17.7 Å². The number of nitrogens with one attached hydrogen (secondary N) is 1. The zero-order valence-corrected chi connectivity index (χ0v) is 14.3. The van der Waals surface area contributed by atoms with E-state index in [0.717, 1.165) is 28.4 Å². The summed E-state index contributed by atoms with van der Waals surface area (Å²) in [6.45, 7) is 0. The predicted molar refractivity (Wildman–Crippen MR) is 99.9 cm³/mol. The number of benzene rings is 3. The molecule has 1 fully saturated rings. The summed E-state index contributed by atoms with van der Waals surface area (Å²) in [7, 11) is 0. The second-order valence-electron chi connectivity index (χ2n) is 6.17. The van der Waals surface area contributed by atoms with Gasteiger partial charge in [-0.05, 0) is 47.6 Å². The van der Waals surface area contributed by atoms with Gasteiger partial charge in [-0.25, -0.2) is 0 Å². The van der Waals surface area contributed by atoms with Crippen molar-refractivity contribution in [2.24, 2.45) is 5.92 Å². The standard InChI is InChI=1S/C20H15Cl2NO/c21-14-8-13(9-15(22)10-14)17-11-18(17)20(24)23-19-7-3-5-12-4-1-2-6-16(12)19/h1-10,17-18H,11H2,(H,23,24)/t17-,18+/m0/s1. The van der Waals surface area contributed by atoms with Crippen molar-refractivity contribution in [3.8, 4) is 0 Å². The van der Waals surface area contributed by atoms with E-state index in [1.165, 1.54) is 0 Å². The van der Waals surface area contributed by atoms with E-state index < -0.39 is 0 Å². The van der Waals surface area contributed by atoms with Crippen LogP contribution in [0.4, 0.5) is 5.69 Å². The Kier molecular flexibility index (Phi) is 3.95. The van der Waals surface area contributed by atoms with Gasteiger partial charge in [0.25, 0.3) is 0 Å². The van der Waals surface area contributed by atoms with E-state index in [0.29, 0.717) is 10.0 Å². The van der Waals surface area contributed by atoms with Gasteiger partial charge >= 0.3 is 0 Å². The Bertz CT molecular complexity index is 912. The van der Waals surface area contributed by atoms with Gasteiger partial charge in [0.2, 0.25) is 5.91 Å². The maximum atomic E-state index is 12.6. The van der Waals surface area contributed by atoms with Gasteiger partial charge in [0.1, 0.15) is 0 Å². The van der Waals surface area contributed by atoms with Gasteiger partial charge in [-0.1, -0.05) is 59.6 Å². The van der Waals surface area contributed by atoms with Crippen LogP contribution in [0.5, 0.6) is 0 Å². The lowest BCUT2D eigenvalue weighted by atomic mass is 10.1. The highest BCUT2D eigenvalue weighted by atomic mass is 35.5. The number of halogens is 2. The molecule has 0 aromatic heterocycles. The Morgan fingerprint density at radius 2 is 1.67 bits per heavy atom. The lowest BCUT2D eigenvalue weighted by Crippen LogP contribution is -2.14. The molecule has 0 spiro atoms. The highest BCUT2D eigenvalue weighted by Gasteiger charge is 2.44. The van der Waals surface area contributed by atoms with Crippen molar-refractivity contribution in [3.63, 3.8) is 0 Å². The number of amides is 1. The van der Waals surface area contributed by atoms with E-state index in [1.54, 1.807) is 6.07 Å². The molecule has 4 rings (SSSR count). The van der Waals surface area contributed by atoms with Crippen LogP contribution in [0.1, 0.15) is 17.9 Å². The Morgan fingerprint density at radius 3 is 2.46 bits per heavy atom. The molecule has 2 nitrogen and oxygen atoms in total. The first-order valence-corrected chi connectivity index (χ1v) is 8.62. The minimum Gasteiger partial charge on any atom is -0.325 e. The fraction of sp³-hybridized carbons (Fsp3) is 0.150. The zero-order chi connectivity index (χ0) is 16.7. The number of fused-ring (bicyclic) bond motifs is 1. The Labute approximate surface area is 150 Å². The van der Waals surface area contributed by atoms with Gasteiger partial charge in [-0.2, -0.15) is 0 Å². The third kappa shape index (κ3) is 3.00. The predicted octanol–water partition coefficient (Wildman–Crippen LogP) is 5.89. The molecule has 0 aliphatic heterocycles. The molecule has 0 radical (unpaired) electrons. The van der Waals surface area contributed by atoms with Crippen LogP contribution >= 0.6 is 23.2 Å². The monoisotopic (exact) mass is 355 g/mol. The summed E-state index contributed by atoms with van der Waals surface area (Å²) in [5, 5.41) is 6.46. The lowest BCUT2D eigenvalue weighted by molar-refractivity contribution is -0.117. The lowest BCUT2D eigenvalue weighted by Gasteiger charge is -2.09. The maximum Gasteiger partial charge on any atom is 0.228 e. The summed E-state index contributed by atoms with van der Waals surface area (Å²) in [6.07, 6.45) is 0.827. The molecule has 24 heavy (non-hydrogen) atoms. The molecule has 0 heterocycles. The quantitative estimate of drug-likeness (QED) is 0.623. The summed E-state index contributed by atoms with van der Waals surface area (Å²) in [6, 6.07) is 19.5. The van der Waals surface area contributed by atoms with Crippen molar-refractivity contribution in [1.82, 2.24) is 0 Å². The maximum absolute atomic E-state index is 12.6. The fourth-order valence-electron chi connectivity index (χ4n) is 3.20. The van der Waals surface area contributed by atoms with Crippen LogP contribution in [-0.2, 0) is 4.79 Å². The van der Waals surface area contributed by atoms with E-state index in [2.05, 4.69) is 5.32 Å². The Morgan fingerprint density at radius 1 is 0.958 bits per heavy atom. The zero-order valence-electron chi connectivity index (χ0n) is 12.8. The molecule has 1 N–H and O–H groups in total. The van der Waals surface area contributed by atoms with E-state index in [4.69, 9.17) is 23.2 Å². The van der Waals surface area contributed by atoms with Crippen LogP contribution < -0.4 is 5.32 Å². The average molecular weight is 356 g/mol. The van der Waals surface area contributed by atoms with E-state index in [9.17, 15) is 4.79 Å². The average Bonchev–Trinajstić information content (AvgIpc) is 3.35. The highest BCUT2D eigenvalue weighted by Crippen LogP contribution is 2.49. The molecule has 2 atom stereocenters. The summed E-state index contributed by atoms with van der Waals surface area (Å²) < 4.78 is 0. The van der Waals surface area contributed by atoms with Gasteiger partial charge in [0, 0.05) is 27.0 Å². The molecule has 3 aromatic carbocycles. The molecule has 4 heteroatoms. The first-order chi connectivity index (χ1) is 11.6. The van der Waals surface area contributed by atoms with Crippen molar-refractivity contribution >= 4 is 45.6 Å². The number of carbonyl (C=O) groups is 1. The third-order valence-corrected chi connectivity index (χ3v) is 4.92. The Balaban J connectivity index is 1.53. The van der Waals surface area contributed by atoms with Crippen LogP contribution in [-0.4, -0.2) is 5.91 Å². The molecule has 1 aliphatic carbocycles. The largest absolute Gasteiger partial charge is 0.325 e. The van der Waals surface area contributed by atoms with Gasteiger partial charge in [-0.15, -0.1) is 0 Å². The van der Waals surface area contributed by atoms with E-state index >= 15 is 0 Å². The third-order valence-electron chi connectivity index (χ3n) is 4.49. The van der Waals surface area contributed by atoms with Gasteiger partial charge < -0.3 is 5.32 Å². The molecule has 1 saturated carbocycles. The normalized spacial score (nSPS) is 19.2. The van der Waals surface area contributed by atoms with Gasteiger partial charge in [0.15, 0.2) is 0 Å². The first kappa shape index (κ1) is 15.5. The second-order valence-corrected chi connectivity index (χ2v) is 7.04. The van der Waals surface area contributed by atoms with Crippen LogP contribution in [0, 0.1) is 5.92 Å². The van der Waals surface area contributed by atoms with Crippen molar-refractivity contribution in [2.45, 2.75) is 12.3 Å². The molecule has 0 saturated heterocycles. The van der Waals surface area contributed by atoms with Crippen molar-refractivity contribution in [2.75, 3.05) is 5.32 Å². The minimum atomic E-state index is -0.0292. The summed E-state index contributed by atoms with van der Waals surface area (Å²) in [5.41, 5.74) is 1.89. The number of hydrogen-bond acceptors (Lipinski definition) is 1. The molecule has 120 valence electrons. The number of hydrogen-bond donors (Lipinski definition) is 1.